The van der Waals surface area contributed by atoms with Gasteiger partial charge in [0.25, 0.3) is 0 Å². The molecule has 9 aromatic carbocycles. The average molecular weight is 740 g/mol. The molecule has 11 aromatic rings. The number of nitrogens with zero attached hydrogens (tertiary/aromatic N) is 3. The smallest absolute Gasteiger partial charge is 0.160 e. The first kappa shape index (κ1) is 32.8. The molecule has 0 saturated carbocycles. The van der Waals surface area contributed by atoms with Crippen molar-refractivity contribution in [3.05, 3.63) is 199 Å². The lowest BCUT2D eigenvalue weighted by Crippen LogP contribution is -2.14. The molecule has 2 heterocycles. The van der Waals surface area contributed by atoms with Gasteiger partial charge in [-0.1, -0.05) is 153 Å². The SMILES string of the molecule is CC1(C)c2ccccc2-c2cc3c4cc(-c5nc(-c6ccccc6)cc(-c6ccccc6)n5)ccc4n(-c4ccc5c6ccccc6c6ccccc6c5c4)c3cc21. The lowest BCUT2D eigenvalue weighted by atomic mass is 9.82. The van der Waals surface area contributed by atoms with Gasteiger partial charge in [0.05, 0.1) is 22.4 Å². The molecule has 3 heteroatoms. The molecule has 0 atom stereocenters. The maximum Gasteiger partial charge on any atom is 0.160 e. The molecule has 0 radical (unpaired) electrons. The van der Waals surface area contributed by atoms with E-state index >= 15 is 0 Å². The number of hydrogen-bond acceptors (Lipinski definition) is 2. The van der Waals surface area contributed by atoms with E-state index in [0.29, 0.717) is 5.82 Å². The maximum atomic E-state index is 5.23. The van der Waals surface area contributed by atoms with Crippen LogP contribution in [0.5, 0.6) is 0 Å². The maximum absolute atomic E-state index is 5.23. The molecule has 0 aliphatic heterocycles. The lowest BCUT2D eigenvalue weighted by Gasteiger charge is -2.21. The Labute approximate surface area is 336 Å². The molecule has 0 spiro atoms. The van der Waals surface area contributed by atoms with Gasteiger partial charge in [0.1, 0.15) is 0 Å². The Morgan fingerprint density at radius 1 is 0.362 bits per heavy atom. The van der Waals surface area contributed by atoms with Crippen molar-refractivity contribution in [1.82, 2.24) is 14.5 Å². The van der Waals surface area contributed by atoms with E-state index in [1.54, 1.807) is 0 Å². The van der Waals surface area contributed by atoms with Crippen LogP contribution in [0.25, 0.3) is 105 Å². The molecule has 0 unspecified atom stereocenters. The van der Waals surface area contributed by atoms with Crippen LogP contribution in [0.15, 0.2) is 188 Å². The molecular formula is C55H37N3. The molecule has 3 nitrogen and oxygen atoms in total. The first-order valence-corrected chi connectivity index (χ1v) is 20.1. The molecular weight excluding hydrogens is 703 g/mol. The average Bonchev–Trinajstić information content (AvgIpc) is 3.73. The molecule has 12 rings (SSSR count). The first-order valence-electron chi connectivity index (χ1n) is 20.1. The zero-order chi connectivity index (χ0) is 38.5. The van der Waals surface area contributed by atoms with Gasteiger partial charge in [0, 0.05) is 38.6 Å². The lowest BCUT2D eigenvalue weighted by molar-refractivity contribution is 0.661. The normalized spacial score (nSPS) is 13.1. The van der Waals surface area contributed by atoms with Crippen LogP contribution in [-0.2, 0) is 5.41 Å². The molecule has 0 bridgehead atoms. The molecule has 0 fully saturated rings. The zero-order valence-corrected chi connectivity index (χ0v) is 32.2. The molecule has 272 valence electrons. The van der Waals surface area contributed by atoms with Crippen LogP contribution in [0.3, 0.4) is 0 Å². The summed E-state index contributed by atoms with van der Waals surface area (Å²) in [5.74, 6) is 0.708. The van der Waals surface area contributed by atoms with Crippen molar-refractivity contribution < 1.29 is 0 Å². The Balaban J connectivity index is 1.15. The minimum Gasteiger partial charge on any atom is -0.309 e. The fourth-order valence-corrected chi connectivity index (χ4v) is 9.76. The minimum atomic E-state index is -0.134. The molecule has 0 amide bonds. The standard InChI is InChI=1S/C55H37N3/c1-55(2)48-24-14-13-23-43(48)45-31-47-46-29-36(54-56-50(34-15-5-3-6-16-34)33-51(57-54)35-17-7-4-8-18-35)25-28-52(46)58(53(47)32-49(45)55)37-26-27-42-40-21-10-9-19-38(40)39-20-11-12-22-41(39)44(42)30-37/h3-33H,1-2H3. The minimum absolute atomic E-state index is 0.134. The van der Waals surface area contributed by atoms with Crippen molar-refractivity contribution in [2.24, 2.45) is 0 Å². The number of benzene rings is 9. The van der Waals surface area contributed by atoms with E-state index in [9.17, 15) is 0 Å². The molecule has 2 aromatic heterocycles. The third-order valence-corrected chi connectivity index (χ3v) is 12.6. The van der Waals surface area contributed by atoms with Gasteiger partial charge in [-0.2, -0.15) is 0 Å². The number of rotatable bonds is 4. The summed E-state index contributed by atoms with van der Waals surface area (Å²) in [6.07, 6.45) is 0. The second-order valence-electron chi connectivity index (χ2n) is 16.2. The summed E-state index contributed by atoms with van der Waals surface area (Å²) in [5, 5.41) is 10.0. The number of aromatic nitrogens is 3. The van der Waals surface area contributed by atoms with Crippen LogP contribution in [0.2, 0.25) is 0 Å². The van der Waals surface area contributed by atoms with Crippen molar-refractivity contribution in [1.29, 1.82) is 0 Å². The quantitative estimate of drug-likeness (QED) is 0.168. The van der Waals surface area contributed by atoms with Gasteiger partial charge in [0.2, 0.25) is 0 Å². The monoisotopic (exact) mass is 739 g/mol. The molecule has 0 saturated heterocycles. The van der Waals surface area contributed by atoms with E-state index in [4.69, 9.17) is 9.97 Å². The molecule has 1 aliphatic carbocycles. The Morgan fingerprint density at radius 2 is 0.914 bits per heavy atom. The summed E-state index contributed by atoms with van der Waals surface area (Å²) in [5.41, 5.74) is 13.6. The predicted octanol–water partition coefficient (Wildman–Crippen LogP) is 14.3. The van der Waals surface area contributed by atoms with Crippen LogP contribution in [-0.4, -0.2) is 14.5 Å². The van der Waals surface area contributed by atoms with Crippen molar-refractivity contribution in [2.75, 3.05) is 0 Å². The van der Waals surface area contributed by atoms with Crippen LogP contribution in [0.1, 0.15) is 25.0 Å². The molecule has 1 aliphatic rings. The Morgan fingerprint density at radius 3 is 1.57 bits per heavy atom. The Hall–Kier alpha value is -7.36. The summed E-state index contributed by atoms with van der Waals surface area (Å²) in [4.78, 5) is 10.5. The fraction of sp³-hybridized carbons (Fsp3) is 0.0545. The summed E-state index contributed by atoms with van der Waals surface area (Å²) in [6.45, 7) is 4.73. The third-order valence-electron chi connectivity index (χ3n) is 12.6. The van der Waals surface area contributed by atoms with Gasteiger partial charge < -0.3 is 4.57 Å². The van der Waals surface area contributed by atoms with Crippen LogP contribution in [0, 0.1) is 0 Å². The fourth-order valence-electron chi connectivity index (χ4n) is 9.76. The highest BCUT2D eigenvalue weighted by Gasteiger charge is 2.36. The van der Waals surface area contributed by atoms with Gasteiger partial charge >= 0.3 is 0 Å². The van der Waals surface area contributed by atoms with E-state index in [0.717, 1.165) is 39.3 Å². The van der Waals surface area contributed by atoms with Gasteiger partial charge in [0.15, 0.2) is 5.82 Å². The zero-order valence-electron chi connectivity index (χ0n) is 32.2. The van der Waals surface area contributed by atoms with Gasteiger partial charge in [-0.05, 0) is 103 Å². The summed E-state index contributed by atoms with van der Waals surface area (Å²) in [7, 11) is 0. The Kier molecular flexibility index (Phi) is 6.98. The van der Waals surface area contributed by atoms with Gasteiger partial charge in [-0.25, -0.2) is 9.97 Å². The van der Waals surface area contributed by atoms with Crippen molar-refractivity contribution in [3.8, 4) is 50.7 Å². The van der Waals surface area contributed by atoms with E-state index in [1.165, 1.54) is 70.9 Å². The molecule has 0 N–H and O–H groups in total. The highest BCUT2D eigenvalue weighted by molar-refractivity contribution is 6.25. The van der Waals surface area contributed by atoms with E-state index in [-0.39, 0.29) is 5.41 Å². The highest BCUT2D eigenvalue weighted by atomic mass is 15.0. The van der Waals surface area contributed by atoms with Crippen LogP contribution < -0.4 is 0 Å². The van der Waals surface area contributed by atoms with E-state index < -0.39 is 0 Å². The van der Waals surface area contributed by atoms with E-state index in [2.05, 4.69) is 194 Å². The molecule has 58 heavy (non-hydrogen) atoms. The summed E-state index contributed by atoms with van der Waals surface area (Å²) in [6, 6.07) is 68.2. The van der Waals surface area contributed by atoms with Gasteiger partial charge in [-0.15, -0.1) is 0 Å². The number of fused-ring (bicyclic) bond motifs is 12. The van der Waals surface area contributed by atoms with Crippen molar-refractivity contribution in [3.63, 3.8) is 0 Å². The third kappa shape index (κ3) is 4.80. The number of hydrogen-bond donors (Lipinski definition) is 0. The second-order valence-corrected chi connectivity index (χ2v) is 16.2. The first-order chi connectivity index (χ1) is 28.5. The largest absolute Gasteiger partial charge is 0.309 e. The van der Waals surface area contributed by atoms with Gasteiger partial charge in [-0.3, -0.25) is 0 Å². The summed E-state index contributed by atoms with van der Waals surface area (Å²) >= 11 is 0. The highest BCUT2D eigenvalue weighted by Crippen LogP contribution is 2.51. The Bertz CT molecular complexity index is 3370. The van der Waals surface area contributed by atoms with Crippen molar-refractivity contribution >= 4 is 54.1 Å². The summed E-state index contributed by atoms with van der Waals surface area (Å²) < 4.78 is 2.48. The second kappa shape index (κ2) is 12.3. The topological polar surface area (TPSA) is 30.7 Å². The predicted molar refractivity (Wildman–Crippen MR) is 243 cm³/mol. The van der Waals surface area contributed by atoms with Crippen LogP contribution in [0.4, 0.5) is 0 Å². The van der Waals surface area contributed by atoms with E-state index in [1.807, 2.05) is 12.1 Å². The van der Waals surface area contributed by atoms with Crippen LogP contribution >= 0.6 is 0 Å². The van der Waals surface area contributed by atoms with Crippen molar-refractivity contribution in [2.45, 2.75) is 19.3 Å².